The summed E-state index contributed by atoms with van der Waals surface area (Å²) in [6.07, 6.45) is 1.62. The van der Waals surface area contributed by atoms with E-state index < -0.39 is 21.7 Å². The summed E-state index contributed by atoms with van der Waals surface area (Å²) >= 11 is 0. The number of carbonyl (C=O) groups excluding carboxylic acids is 1. The van der Waals surface area contributed by atoms with Gasteiger partial charge in [-0.3, -0.25) is 4.79 Å². The fraction of sp³-hybridized carbons (Fsp3) is 0.500. The number of benzene rings is 1. The summed E-state index contributed by atoms with van der Waals surface area (Å²) in [4.78, 5) is 11.8. The molecule has 0 aromatic heterocycles. The van der Waals surface area contributed by atoms with Crippen molar-refractivity contribution in [3.05, 3.63) is 35.1 Å². The lowest BCUT2D eigenvalue weighted by Gasteiger charge is -2.17. The summed E-state index contributed by atoms with van der Waals surface area (Å²) in [7, 11) is -3.22. The molecule has 1 aromatic carbocycles. The fourth-order valence-electron chi connectivity index (χ4n) is 1.92. The standard InChI is InChI=1S/C14H21FN2O3S/c1-4-17(21(3,19)20)9-5-8-16-14(18)12-10-11(2)6-7-13(12)15/h6-7,10H,4-5,8-9H2,1-3H3,(H,16,18). The molecule has 1 N–H and O–H groups in total. The van der Waals surface area contributed by atoms with Gasteiger partial charge in [0.05, 0.1) is 11.8 Å². The van der Waals surface area contributed by atoms with Crippen molar-refractivity contribution in [2.75, 3.05) is 25.9 Å². The van der Waals surface area contributed by atoms with Gasteiger partial charge in [-0.25, -0.2) is 17.1 Å². The number of carbonyl (C=O) groups is 1. The van der Waals surface area contributed by atoms with E-state index in [1.807, 2.05) is 0 Å². The van der Waals surface area contributed by atoms with Crippen LogP contribution in [0.2, 0.25) is 0 Å². The molecule has 5 nitrogen and oxygen atoms in total. The van der Waals surface area contributed by atoms with Crippen LogP contribution in [0.1, 0.15) is 29.3 Å². The van der Waals surface area contributed by atoms with Crippen LogP contribution in [0.4, 0.5) is 4.39 Å². The number of rotatable bonds is 7. The molecule has 0 saturated carbocycles. The van der Waals surface area contributed by atoms with Crippen molar-refractivity contribution >= 4 is 15.9 Å². The lowest BCUT2D eigenvalue weighted by atomic mass is 10.1. The van der Waals surface area contributed by atoms with E-state index in [0.717, 1.165) is 11.8 Å². The maximum Gasteiger partial charge on any atom is 0.254 e. The molecule has 0 fully saturated rings. The van der Waals surface area contributed by atoms with E-state index in [2.05, 4.69) is 5.32 Å². The first-order chi connectivity index (χ1) is 9.75. The molecule has 1 aromatic rings. The number of aryl methyl sites for hydroxylation is 1. The molecule has 0 aliphatic carbocycles. The molecule has 1 rings (SSSR count). The summed E-state index contributed by atoms with van der Waals surface area (Å²) < 4.78 is 37.6. The van der Waals surface area contributed by atoms with Crippen molar-refractivity contribution < 1.29 is 17.6 Å². The van der Waals surface area contributed by atoms with Gasteiger partial charge < -0.3 is 5.32 Å². The highest BCUT2D eigenvalue weighted by atomic mass is 32.2. The average Bonchev–Trinajstić information content (AvgIpc) is 2.39. The van der Waals surface area contributed by atoms with Gasteiger partial charge >= 0.3 is 0 Å². The largest absolute Gasteiger partial charge is 0.352 e. The lowest BCUT2D eigenvalue weighted by Crippen LogP contribution is -2.33. The first-order valence-electron chi connectivity index (χ1n) is 6.75. The van der Waals surface area contributed by atoms with Crippen molar-refractivity contribution in [2.45, 2.75) is 20.3 Å². The lowest BCUT2D eigenvalue weighted by molar-refractivity contribution is 0.0948. The van der Waals surface area contributed by atoms with Gasteiger partial charge in [-0.15, -0.1) is 0 Å². The number of sulfonamides is 1. The molecule has 0 aliphatic rings. The minimum atomic E-state index is -3.22. The Labute approximate surface area is 125 Å². The van der Waals surface area contributed by atoms with Gasteiger partial charge in [-0.2, -0.15) is 0 Å². The highest BCUT2D eigenvalue weighted by molar-refractivity contribution is 7.88. The number of nitrogens with zero attached hydrogens (tertiary/aromatic N) is 1. The van der Waals surface area contributed by atoms with Crippen molar-refractivity contribution in [2.24, 2.45) is 0 Å². The minimum absolute atomic E-state index is 0.00506. The zero-order chi connectivity index (χ0) is 16.0. The predicted molar refractivity (Wildman–Crippen MR) is 80.2 cm³/mol. The third kappa shape index (κ3) is 5.43. The van der Waals surface area contributed by atoms with Crippen molar-refractivity contribution in [1.82, 2.24) is 9.62 Å². The molecular formula is C14H21FN2O3S. The van der Waals surface area contributed by atoms with Gasteiger partial charge in [0.2, 0.25) is 10.0 Å². The Kier molecular flexibility index (Phi) is 6.29. The molecular weight excluding hydrogens is 295 g/mol. The van der Waals surface area contributed by atoms with Gasteiger partial charge in [0.1, 0.15) is 5.82 Å². The van der Waals surface area contributed by atoms with Gasteiger partial charge in [0.15, 0.2) is 0 Å². The number of hydrogen-bond donors (Lipinski definition) is 1. The number of amides is 1. The summed E-state index contributed by atoms with van der Waals surface area (Å²) in [5.41, 5.74) is 0.807. The van der Waals surface area contributed by atoms with E-state index in [1.165, 1.54) is 16.4 Å². The van der Waals surface area contributed by atoms with Crippen LogP contribution < -0.4 is 5.32 Å². The average molecular weight is 316 g/mol. The van der Waals surface area contributed by atoms with Gasteiger partial charge in [-0.1, -0.05) is 18.6 Å². The van der Waals surface area contributed by atoms with Crippen LogP contribution in [0.15, 0.2) is 18.2 Å². The van der Waals surface area contributed by atoms with Crippen LogP contribution in [0.3, 0.4) is 0 Å². The van der Waals surface area contributed by atoms with Crippen molar-refractivity contribution in [3.8, 4) is 0 Å². The Morgan fingerprint density at radius 1 is 1.38 bits per heavy atom. The van der Waals surface area contributed by atoms with Crippen molar-refractivity contribution in [3.63, 3.8) is 0 Å². The second-order valence-corrected chi connectivity index (χ2v) is 6.83. The molecule has 0 bridgehead atoms. The van der Waals surface area contributed by atoms with E-state index in [4.69, 9.17) is 0 Å². The van der Waals surface area contributed by atoms with Crippen LogP contribution >= 0.6 is 0 Å². The third-order valence-corrected chi connectivity index (χ3v) is 4.44. The van der Waals surface area contributed by atoms with Crippen LogP contribution in [-0.4, -0.2) is 44.5 Å². The summed E-state index contributed by atoms with van der Waals surface area (Å²) in [6.45, 7) is 4.53. The van der Waals surface area contributed by atoms with E-state index in [-0.39, 0.29) is 12.1 Å². The van der Waals surface area contributed by atoms with Gasteiger partial charge in [0, 0.05) is 19.6 Å². The zero-order valence-electron chi connectivity index (χ0n) is 12.5. The molecule has 0 atom stereocenters. The van der Waals surface area contributed by atoms with Crippen LogP contribution in [0.25, 0.3) is 0 Å². The number of halogens is 1. The molecule has 118 valence electrons. The number of nitrogens with one attached hydrogen (secondary N) is 1. The molecule has 0 spiro atoms. The quantitative estimate of drug-likeness (QED) is 0.776. The molecule has 0 heterocycles. The van der Waals surface area contributed by atoms with Crippen LogP contribution in [0, 0.1) is 12.7 Å². The molecule has 0 aliphatic heterocycles. The fourth-order valence-corrected chi connectivity index (χ4v) is 2.85. The second kappa shape index (κ2) is 7.51. The Bertz CT molecular complexity index is 602. The second-order valence-electron chi connectivity index (χ2n) is 4.85. The smallest absolute Gasteiger partial charge is 0.254 e. The predicted octanol–water partition coefficient (Wildman–Crippen LogP) is 1.54. The van der Waals surface area contributed by atoms with E-state index in [1.54, 1.807) is 19.9 Å². The molecule has 0 saturated heterocycles. The topological polar surface area (TPSA) is 66.5 Å². The number of hydrogen-bond acceptors (Lipinski definition) is 3. The maximum absolute atomic E-state index is 13.5. The Morgan fingerprint density at radius 2 is 2.05 bits per heavy atom. The van der Waals surface area contributed by atoms with Crippen LogP contribution in [-0.2, 0) is 10.0 Å². The third-order valence-electron chi connectivity index (χ3n) is 3.06. The SMILES string of the molecule is CCN(CCCNC(=O)c1cc(C)ccc1F)S(C)(=O)=O. The summed E-state index contributed by atoms with van der Waals surface area (Å²) in [5, 5.41) is 2.60. The Balaban J connectivity index is 2.49. The monoisotopic (exact) mass is 316 g/mol. The highest BCUT2D eigenvalue weighted by Gasteiger charge is 2.14. The normalized spacial score (nSPS) is 11.7. The van der Waals surface area contributed by atoms with Crippen molar-refractivity contribution in [1.29, 1.82) is 0 Å². The van der Waals surface area contributed by atoms with E-state index in [9.17, 15) is 17.6 Å². The Morgan fingerprint density at radius 3 is 2.62 bits per heavy atom. The first kappa shape index (κ1) is 17.6. The molecule has 0 unspecified atom stereocenters. The van der Waals surface area contributed by atoms with E-state index >= 15 is 0 Å². The maximum atomic E-state index is 13.5. The van der Waals surface area contributed by atoms with Crippen LogP contribution in [0.5, 0.6) is 0 Å². The molecule has 0 radical (unpaired) electrons. The Hall–Kier alpha value is -1.47. The zero-order valence-corrected chi connectivity index (χ0v) is 13.3. The molecule has 7 heteroatoms. The van der Waals surface area contributed by atoms with E-state index in [0.29, 0.717) is 19.5 Å². The summed E-state index contributed by atoms with van der Waals surface area (Å²) in [5.74, 6) is -1.05. The first-order valence-corrected chi connectivity index (χ1v) is 8.60. The molecule has 1 amide bonds. The highest BCUT2D eigenvalue weighted by Crippen LogP contribution is 2.09. The van der Waals surface area contributed by atoms with Gasteiger partial charge in [0.25, 0.3) is 5.91 Å². The van der Waals surface area contributed by atoms with Gasteiger partial charge in [-0.05, 0) is 25.5 Å². The summed E-state index contributed by atoms with van der Waals surface area (Å²) in [6, 6.07) is 4.34. The molecule has 21 heavy (non-hydrogen) atoms. The minimum Gasteiger partial charge on any atom is -0.352 e.